The Morgan fingerprint density at radius 3 is 2.20 bits per heavy atom. The highest BCUT2D eigenvalue weighted by Gasteiger charge is 2.33. The highest BCUT2D eigenvalue weighted by Crippen LogP contribution is 2.33. The number of hydrogen-bond donors (Lipinski definition) is 0. The van der Waals surface area contributed by atoms with Gasteiger partial charge >= 0.3 is 0 Å². The molecule has 1 heterocycles. The van der Waals surface area contributed by atoms with Crippen LogP contribution in [-0.2, 0) is 0 Å². The van der Waals surface area contributed by atoms with E-state index in [0.717, 1.165) is 5.69 Å². The molecule has 0 spiro atoms. The van der Waals surface area contributed by atoms with E-state index in [1.54, 1.807) is 60.0 Å². The van der Waals surface area contributed by atoms with Gasteiger partial charge in [-0.15, -0.1) is 0 Å². The maximum absolute atomic E-state index is 12.7. The summed E-state index contributed by atoms with van der Waals surface area (Å²) in [5.41, 5.74) is 3.25. The Morgan fingerprint density at radius 2 is 1.63 bits per heavy atom. The van der Waals surface area contributed by atoms with E-state index in [1.807, 2.05) is 6.92 Å². The molecule has 0 saturated carbocycles. The maximum Gasteiger partial charge on any atom is 0.296 e. The highest BCUT2D eigenvalue weighted by molar-refractivity contribution is 6.41. The lowest BCUT2D eigenvalue weighted by atomic mass is 10.1. The molecule has 4 rings (SSSR count). The minimum atomic E-state index is -0.463. The van der Waals surface area contributed by atoms with E-state index in [9.17, 15) is 19.7 Å². The number of carbonyl (C=O) groups is 2. The third-order valence-electron chi connectivity index (χ3n) is 5.30. The number of allylic oxidation sites excluding steroid dienone is 1. The van der Waals surface area contributed by atoms with Crippen molar-refractivity contribution in [3.05, 3.63) is 92.3 Å². The predicted octanol–water partition coefficient (Wildman–Crippen LogP) is 4.47. The molecule has 0 unspecified atom stereocenters. The van der Waals surface area contributed by atoms with Crippen molar-refractivity contribution in [3.8, 4) is 11.4 Å². The van der Waals surface area contributed by atoms with Gasteiger partial charge in [0.15, 0.2) is 11.6 Å². The Hall–Kier alpha value is -4.00. The normalized spacial score (nSPS) is 12.8. The largest absolute Gasteiger partial charge is 0.496 e. The van der Waals surface area contributed by atoms with Crippen molar-refractivity contribution in [2.24, 2.45) is 0 Å². The van der Waals surface area contributed by atoms with Crippen LogP contribution < -0.4 is 4.74 Å². The molecule has 1 aromatic heterocycles. The van der Waals surface area contributed by atoms with Crippen molar-refractivity contribution in [2.45, 2.75) is 13.8 Å². The Labute approximate surface area is 172 Å². The molecule has 0 aliphatic heterocycles. The standard InChI is InChI=1S/C23H18N2O5/c1-13-10-15(11-19-22(26)17-6-4-5-7-18(17)23(19)27)14(2)24(13)20-9-8-16(30-3)12-21(20)25(28)29/h4-12H,1-3H3. The van der Waals surface area contributed by atoms with Crippen LogP contribution in [0.4, 0.5) is 5.69 Å². The number of carbonyl (C=O) groups excluding carboxylic acids is 2. The molecular weight excluding hydrogens is 384 g/mol. The fourth-order valence-electron chi connectivity index (χ4n) is 3.83. The second kappa shape index (κ2) is 7.11. The number of ether oxygens (including phenoxy) is 1. The molecule has 0 radical (unpaired) electrons. The van der Waals surface area contributed by atoms with E-state index in [2.05, 4.69) is 0 Å². The molecule has 2 aromatic carbocycles. The first kappa shape index (κ1) is 19.3. The number of fused-ring (bicyclic) bond motifs is 1. The maximum atomic E-state index is 12.7. The minimum absolute atomic E-state index is 0.0979. The number of nitro benzene ring substituents is 1. The number of nitrogens with zero attached hydrogens (tertiary/aromatic N) is 2. The molecule has 0 bridgehead atoms. The van der Waals surface area contributed by atoms with Crippen LogP contribution in [0.5, 0.6) is 5.75 Å². The van der Waals surface area contributed by atoms with Crippen molar-refractivity contribution in [2.75, 3.05) is 7.11 Å². The number of aromatic nitrogens is 1. The average Bonchev–Trinajstić information content (AvgIpc) is 3.15. The smallest absolute Gasteiger partial charge is 0.296 e. The zero-order valence-electron chi connectivity index (χ0n) is 16.6. The van der Waals surface area contributed by atoms with E-state index in [-0.39, 0.29) is 22.8 Å². The van der Waals surface area contributed by atoms with Crippen LogP contribution in [-0.4, -0.2) is 28.2 Å². The number of Topliss-reactive ketones (excluding diaryl/α,β-unsaturated/α-hetero) is 2. The van der Waals surface area contributed by atoms with Crippen molar-refractivity contribution in [3.63, 3.8) is 0 Å². The summed E-state index contributed by atoms with van der Waals surface area (Å²) < 4.78 is 6.84. The van der Waals surface area contributed by atoms with Crippen molar-refractivity contribution in [1.82, 2.24) is 4.57 Å². The molecule has 0 N–H and O–H groups in total. The summed E-state index contributed by atoms with van der Waals surface area (Å²) in [5.74, 6) is -0.234. The number of hydrogen-bond acceptors (Lipinski definition) is 5. The number of nitro groups is 1. The monoisotopic (exact) mass is 402 g/mol. The molecule has 0 atom stereocenters. The van der Waals surface area contributed by atoms with E-state index >= 15 is 0 Å². The molecule has 0 amide bonds. The van der Waals surface area contributed by atoms with Crippen molar-refractivity contribution < 1.29 is 19.2 Å². The molecule has 0 fully saturated rings. The van der Waals surface area contributed by atoms with Gasteiger partial charge in [0, 0.05) is 22.5 Å². The number of rotatable bonds is 4. The van der Waals surface area contributed by atoms with E-state index in [1.165, 1.54) is 13.2 Å². The first-order valence-electron chi connectivity index (χ1n) is 9.25. The lowest BCUT2D eigenvalue weighted by molar-refractivity contribution is -0.384. The van der Waals surface area contributed by atoms with Crippen LogP contribution in [0.1, 0.15) is 37.7 Å². The van der Waals surface area contributed by atoms with Crippen LogP contribution in [0.25, 0.3) is 11.8 Å². The summed E-state index contributed by atoms with van der Waals surface area (Å²) in [4.78, 5) is 36.6. The lowest BCUT2D eigenvalue weighted by Gasteiger charge is -2.11. The zero-order chi connectivity index (χ0) is 21.6. The lowest BCUT2D eigenvalue weighted by Crippen LogP contribution is -2.04. The second-order valence-electron chi connectivity index (χ2n) is 7.04. The van der Waals surface area contributed by atoms with Gasteiger partial charge in [-0.25, -0.2) is 0 Å². The molecular formula is C23H18N2O5. The average molecular weight is 402 g/mol. The third kappa shape index (κ3) is 2.91. The zero-order valence-corrected chi connectivity index (χ0v) is 16.6. The first-order valence-corrected chi connectivity index (χ1v) is 9.25. The summed E-state index contributed by atoms with van der Waals surface area (Å²) in [6.07, 6.45) is 1.57. The van der Waals surface area contributed by atoms with Gasteiger partial charge in [0.2, 0.25) is 0 Å². The summed E-state index contributed by atoms with van der Waals surface area (Å²) in [6, 6.07) is 13.2. The van der Waals surface area contributed by atoms with E-state index < -0.39 is 4.92 Å². The van der Waals surface area contributed by atoms with Crippen LogP contribution in [0.3, 0.4) is 0 Å². The molecule has 7 heteroatoms. The molecule has 3 aromatic rings. The third-order valence-corrected chi connectivity index (χ3v) is 5.30. The summed E-state index contributed by atoms with van der Waals surface area (Å²) in [6.45, 7) is 3.61. The number of aryl methyl sites for hydroxylation is 1. The molecule has 150 valence electrons. The number of benzene rings is 2. The molecule has 0 saturated heterocycles. The van der Waals surface area contributed by atoms with E-state index in [4.69, 9.17) is 4.74 Å². The molecule has 7 nitrogen and oxygen atoms in total. The molecule has 30 heavy (non-hydrogen) atoms. The van der Waals surface area contributed by atoms with Crippen LogP contribution in [0.2, 0.25) is 0 Å². The SMILES string of the molecule is COc1ccc(-n2c(C)cc(C=C3C(=O)c4ccccc4C3=O)c2C)c([N+](=O)[O-])c1. The topological polar surface area (TPSA) is 91.4 Å². The number of methoxy groups -OCH3 is 1. The van der Waals surface area contributed by atoms with Gasteiger partial charge in [0.1, 0.15) is 11.4 Å². The van der Waals surface area contributed by atoms with Gasteiger partial charge < -0.3 is 9.30 Å². The van der Waals surface area contributed by atoms with Gasteiger partial charge in [-0.05, 0) is 43.7 Å². The van der Waals surface area contributed by atoms with Gasteiger partial charge in [0.05, 0.1) is 23.7 Å². The Kier molecular flexibility index (Phi) is 4.58. The Morgan fingerprint density at radius 1 is 1.00 bits per heavy atom. The predicted molar refractivity (Wildman–Crippen MR) is 112 cm³/mol. The van der Waals surface area contributed by atoms with Gasteiger partial charge in [-0.2, -0.15) is 0 Å². The second-order valence-corrected chi connectivity index (χ2v) is 7.04. The summed E-state index contributed by atoms with van der Waals surface area (Å²) in [5, 5.41) is 11.6. The van der Waals surface area contributed by atoms with Crippen LogP contribution in [0.15, 0.2) is 54.1 Å². The van der Waals surface area contributed by atoms with Crippen molar-refractivity contribution >= 4 is 23.3 Å². The Bertz CT molecular complexity index is 1230. The fourth-order valence-corrected chi connectivity index (χ4v) is 3.83. The fraction of sp³-hybridized carbons (Fsp3) is 0.130. The summed E-state index contributed by atoms with van der Waals surface area (Å²) >= 11 is 0. The van der Waals surface area contributed by atoms with Gasteiger partial charge in [0.25, 0.3) is 5.69 Å². The highest BCUT2D eigenvalue weighted by atomic mass is 16.6. The Balaban J connectivity index is 1.84. The van der Waals surface area contributed by atoms with Crippen LogP contribution >= 0.6 is 0 Å². The first-order chi connectivity index (χ1) is 14.3. The summed E-state index contributed by atoms with van der Waals surface area (Å²) in [7, 11) is 1.45. The molecule has 1 aliphatic carbocycles. The molecule has 1 aliphatic rings. The van der Waals surface area contributed by atoms with Gasteiger partial charge in [-0.3, -0.25) is 19.7 Å². The number of ketones is 2. The quantitative estimate of drug-likeness (QED) is 0.278. The van der Waals surface area contributed by atoms with E-state index in [0.29, 0.717) is 33.8 Å². The van der Waals surface area contributed by atoms with Crippen LogP contribution in [0, 0.1) is 24.0 Å². The van der Waals surface area contributed by atoms with Crippen molar-refractivity contribution in [1.29, 1.82) is 0 Å². The van der Waals surface area contributed by atoms with Gasteiger partial charge in [-0.1, -0.05) is 24.3 Å². The minimum Gasteiger partial charge on any atom is -0.496 e.